The highest BCUT2D eigenvalue weighted by Gasteiger charge is 2.32. The minimum Gasteiger partial charge on any atom is -0.243 e. The molecule has 1 aliphatic rings. The quantitative estimate of drug-likeness (QED) is 0.792. The van der Waals surface area contributed by atoms with Gasteiger partial charge in [-0.05, 0) is 25.0 Å². The van der Waals surface area contributed by atoms with Gasteiger partial charge in [-0.15, -0.1) is 0 Å². The molecule has 0 aromatic carbocycles. The highest BCUT2D eigenvalue weighted by molar-refractivity contribution is 7.89. The van der Waals surface area contributed by atoms with Gasteiger partial charge in [-0.2, -0.15) is 4.31 Å². The Balaban J connectivity index is 2.23. The Bertz CT molecular complexity index is 721. The van der Waals surface area contributed by atoms with E-state index in [1.54, 1.807) is 0 Å². The van der Waals surface area contributed by atoms with Gasteiger partial charge in [-0.25, -0.2) is 26.5 Å². The second-order valence-electron chi connectivity index (χ2n) is 4.88. The Morgan fingerprint density at radius 3 is 2.71 bits per heavy atom. The van der Waals surface area contributed by atoms with Crippen molar-refractivity contribution in [1.82, 2.24) is 14.0 Å². The molecule has 10 heteroatoms. The number of halogens is 1. The van der Waals surface area contributed by atoms with Crippen molar-refractivity contribution in [2.75, 3.05) is 19.3 Å². The molecule has 0 saturated carbocycles. The maximum atomic E-state index is 12.5. The molecule has 2 heterocycles. The molecule has 2 rings (SSSR count). The van der Waals surface area contributed by atoms with Crippen LogP contribution < -0.4 is 4.72 Å². The molecule has 1 atom stereocenters. The molecular weight excluding hydrogens is 338 g/mol. The summed E-state index contributed by atoms with van der Waals surface area (Å²) in [7, 11) is -7.15. The monoisotopic (exact) mass is 353 g/mol. The van der Waals surface area contributed by atoms with Gasteiger partial charge in [0.15, 0.2) is 0 Å². The Morgan fingerprint density at radius 1 is 1.38 bits per heavy atom. The number of hydrogen-bond acceptors (Lipinski definition) is 5. The third-order valence-corrected chi connectivity index (χ3v) is 6.18. The first-order chi connectivity index (χ1) is 9.70. The summed E-state index contributed by atoms with van der Waals surface area (Å²) in [6.07, 6.45) is 3.63. The summed E-state index contributed by atoms with van der Waals surface area (Å²) in [5.74, 6) is 0. The van der Waals surface area contributed by atoms with Crippen LogP contribution in [0.4, 0.5) is 0 Å². The Kier molecular flexibility index (Phi) is 4.89. The average molecular weight is 354 g/mol. The van der Waals surface area contributed by atoms with Crippen molar-refractivity contribution in [3.8, 4) is 0 Å². The molecule has 0 spiro atoms. The van der Waals surface area contributed by atoms with Gasteiger partial charge in [-0.3, -0.25) is 0 Å². The Labute approximate surface area is 129 Å². The fraction of sp³-hybridized carbons (Fsp3) is 0.545. The van der Waals surface area contributed by atoms with E-state index in [0.717, 1.165) is 6.26 Å². The van der Waals surface area contributed by atoms with Crippen LogP contribution in [0.2, 0.25) is 5.15 Å². The highest BCUT2D eigenvalue weighted by Crippen LogP contribution is 2.25. The van der Waals surface area contributed by atoms with Gasteiger partial charge in [0, 0.05) is 25.3 Å². The fourth-order valence-corrected chi connectivity index (χ4v) is 5.01. The van der Waals surface area contributed by atoms with Gasteiger partial charge < -0.3 is 0 Å². The Morgan fingerprint density at radius 2 is 2.10 bits per heavy atom. The Hall–Kier alpha value is -0.740. The van der Waals surface area contributed by atoms with Crippen LogP contribution in [0.5, 0.6) is 0 Å². The topological polar surface area (TPSA) is 96.4 Å². The van der Waals surface area contributed by atoms with E-state index in [1.165, 1.54) is 22.6 Å². The zero-order valence-corrected chi connectivity index (χ0v) is 13.7. The van der Waals surface area contributed by atoms with E-state index in [-0.39, 0.29) is 16.6 Å². The van der Waals surface area contributed by atoms with Crippen molar-refractivity contribution in [3.05, 3.63) is 23.5 Å². The van der Waals surface area contributed by atoms with Crippen LogP contribution in [0.25, 0.3) is 0 Å². The number of hydrogen-bond donors (Lipinski definition) is 1. The molecule has 1 aromatic rings. The van der Waals surface area contributed by atoms with Crippen LogP contribution in [0.1, 0.15) is 12.8 Å². The third-order valence-electron chi connectivity index (χ3n) is 3.11. The minimum absolute atomic E-state index is 0.0633. The normalized spacial score (nSPS) is 21.3. The van der Waals surface area contributed by atoms with Crippen molar-refractivity contribution < 1.29 is 16.8 Å². The molecule has 0 aliphatic carbocycles. The third kappa shape index (κ3) is 4.13. The van der Waals surface area contributed by atoms with Crippen LogP contribution >= 0.6 is 11.6 Å². The van der Waals surface area contributed by atoms with Crippen LogP contribution in [0.15, 0.2) is 23.2 Å². The van der Waals surface area contributed by atoms with E-state index in [4.69, 9.17) is 11.6 Å². The summed E-state index contributed by atoms with van der Waals surface area (Å²) in [6, 6.07) is 2.45. The molecule has 1 aliphatic heterocycles. The molecule has 1 fully saturated rings. The summed E-state index contributed by atoms with van der Waals surface area (Å²) in [4.78, 5) is 3.70. The van der Waals surface area contributed by atoms with Gasteiger partial charge in [0.05, 0.1) is 6.26 Å². The lowest BCUT2D eigenvalue weighted by molar-refractivity contribution is 0.303. The lowest BCUT2D eigenvalue weighted by Gasteiger charge is -2.31. The lowest BCUT2D eigenvalue weighted by Crippen LogP contribution is -2.49. The van der Waals surface area contributed by atoms with Gasteiger partial charge in [-0.1, -0.05) is 11.6 Å². The van der Waals surface area contributed by atoms with Crippen LogP contribution in [0.3, 0.4) is 0 Å². The molecule has 1 N–H and O–H groups in total. The van der Waals surface area contributed by atoms with Crippen molar-refractivity contribution in [3.63, 3.8) is 0 Å². The van der Waals surface area contributed by atoms with Crippen molar-refractivity contribution >= 4 is 31.6 Å². The summed E-state index contributed by atoms with van der Waals surface area (Å²) < 4.78 is 51.3. The maximum absolute atomic E-state index is 12.5. The molecule has 118 valence electrons. The number of nitrogens with zero attached hydrogens (tertiary/aromatic N) is 2. The number of piperidine rings is 1. The van der Waals surface area contributed by atoms with Crippen LogP contribution in [-0.4, -0.2) is 51.5 Å². The van der Waals surface area contributed by atoms with E-state index >= 15 is 0 Å². The zero-order chi connectivity index (χ0) is 15.7. The summed E-state index contributed by atoms with van der Waals surface area (Å²) in [5.41, 5.74) is 0. The molecule has 1 saturated heterocycles. The molecule has 21 heavy (non-hydrogen) atoms. The average Bonchev–Trinajstić information content (AvgIpc) is 2.37. The van der Waals surface area contributed by atoms with E-state index < -0.39 is 26.1 Å². The van der Waals surface area contributed by atoms with Crippen LogP contribution in [-0.2, 0) is 20.0 Å². The number of sulfonamides is 2. The summed E-state index contributed by atoms with van der Waals surface area (Å²) in [6.45, 7) is 0.413. The first-order valence-corrected chi connectivity index (χ1v) is 9.99. The number of rotatable bonds is 4. The first-order valence-electron chi connectivity index (χ1n) is 6.28. The van der Waals surface area contributed by atoms with E-state index in [2.05, 4.69) is 9.71 Å². The van der Waals surface area contributed by atoms with Gasteiger partial charge in [0.25, 0.3) is 0 Å². The lowest BCUT2D eigenvalue weighted by atomic mass is 10.1. The molecule has 7 nitrogen and oxygen atoms in total. The fourth-order valence-electron chi connectivity index (χ4n) is 2.26. The maximum Gasteiger partial charge on any atom is 0.246 e. The largest absolute Gasteiger partial charge is 0.246 e. The molecule has 1 unspecified atom stereocenters. The van der Waals surface area contributed by atoms with E-state index in [9.17, 15) is 16.8 Å². The molecular formula is C11H16ClN3O4S2. The van der Waals surface area contributed by atoms with Crippen molar-refractivity contribution in [2.45, 2.75) is 23.8 Å². The number of pyridine rings is 1. The second-order valence-corrected chi connectivity index (χ2v) is 8.93. The van der Waals surface area contributed by atoms with Crippen LogP contribution in [0, 0.1) is 0 Å². The predicted octanol–water partition coefficient (Wildman–Crippen LogP) is 0.437. The summed E-state index contributed by atoms with van der Waals surface area (Å²) >= 11 is 5.84. The zero-order valence-electron chi connectivity index (χ0n) is 11.4. The number of aromatic nitrogens is 1. The molecule has 0 radical (unpaired) electrons. The molecule has 0 amide bonds. The van der Waals surface area contributed by atoms with Gasteiger partial charge >= 0.3 is 0 Å². The smallest absolute Gasteiger partial charge is 0.243 e. The van der Waals surface area contributed by atoms with E-state index in [1.807, 2.05) is 0 Å². The molecule has 1 aromatic heterocycles. The summed E-state index contributed by atoms with van der Waals surface area (Å²) in [5, 5.41) is -0.0873. The van der Waals surface area contributed by atoms with Gasteiger partial charge in [0.2, 0.25) is 20.0 Å². The number of nitrogens with one attached hydrogen (secondary N) is 1. The minimum atomic E-state index is -3.78. The van der Waals surface area contributed by atoms with Crippen molar-refractivity contribution in [2.24, 2.45) is 0 Å². The predicted molar refractivity (Wildman–Crippen MR) is 79.0 cm³/mol. The SMILES string of the molecule is CS(=O)(=O)NC1CCCN(S(=O)(=O)c2cccnc2Cl)C1. The van der Waals surface area contributed by atoms with E-state index in [0.29, 0.717) is 19.4 Å². The van der Waals surface area contributed by atoms with Crippen molar-refractivity contribution in [1.29, 1.82) is 0 Å². The standard InChI is InChI=1S/C11H16ClN3O4S2/c1-20(16,17)14-9-4-3-7-15(8-9)21(18,19)10-5-2-6-13-11(10)12/h2,5-6,9,14H,3-4,7-8H2,1H3. The molecule has 0 bridgehead atoms. The highest BCUT2D eigenvalue weighted by atomic mass is 35.5. The van der Waals surface area contributed by atoms with Gasteiger partial charge in [0.1, 0.15) is 10.0 Å². The first kappa shape index (κ1) is 16.6. The second kappa shape index (κ2) is 6.17.